The maximum absolute atomic E-state index is 12.0. The van der Waals surface area contributed by atoms with Crippen molar-refractivity contribution in [1.29, 1.82) is 0 Å². The first-order chi connectivity index (χ1) is 9.16. The number of carbonyl (C=O) groups is 1. The summed E-state index contributed by atoms with van der Waals surface area (Å²) in [5.74, 6) is -0.0198. The van der Waals surface area contributed by atoms with Gasteiger partial charge in [0, 0.05) is 12.1 Å². The van der Waals surface area contributed by atoms with Gasteiger partial charge in [0.25, 0.3) is 5.91 Å². The standard InChI is InChI=1S/C16H21NO2/c1-12(2)11-19-9-8-17-16(18)15-7-6-13-4-3-5-14(13)10-15/h6-7,10H,1,3-5,8-9,11H2,2H3,(H,17,18). The van der Waals surface area contributed by atoms with Crippen molar-refractivity contribution in [1.82, 2.24) is 5.32 Å². The van der Waals surface area contributed by atoms with Gasteiger partial charge in [-0.25, -0.2) is 0 Å². The molecule has 0 saturated heterocycles. The van der Waals surface area contributed by atoms with Crippen LogP contribution in [0.5, 0.6) is 0 Å². The number of aryl methyl sites for hydroxylation is 2. The zero-order valence-corrected chi connectivity index (χ0v) is 11.5. The van der Waals surface area contributed by atoms with E-state index in [2.05, 4.69) is 18.0 Å². The molecule has 0 atom stereocenters. The molecular weight excluding hydrogens is 238 g/mol. The largest absolute Gasteiger partial charge is 0.375 e. The summed E-state index contributed by atoms with van der Waals surface area (Å²) in [6.07, 6.45) is 3.44. The SMILES string of the molecule is C=C(C)COCCNC(=O)c1ccc2c(c1)CCC2. The molecule has 1 amide bonds. The van der Waals surface area contributed by atoms with Crippen LogP contribution >= 0.6 is 0 Å². The smallest absolute Gasteiger partial charge is 0.251 e. The van der Waals surface area contributed by atoms with Crippen molar-refractivity contribution in [2.45, 2.75) is 26.2 Å². The number of amides is 1. The van der Waals surface area contributed by atoms with Gasteiger partial charge in [-0.2, -0.15) is 0 Å². The van der Waals surface area contributed by atoms with Gasteiger partial charge in [0.15, 0.2) is 0 Å². The van der Waals surface area contributed by atoms with Crippen molar-refractivity contribution in [2.75, 3.05) is 19.8 Å². The molecule has 0 aromatic heterocycles. The van der Waals surface area contributed by atoms with Crippen LogP contribution in [0, 0.1) is 0 Å². The Bertz CT molecular complexity index is 480. The Hall–Kier alpha value is -1.61. The molecule has 19 heavy (non-hydrogen) atoms. The van der Waals surface area contributed by atoms with E-state index in [0.29, 0.717) is 19.8 Å². The molecular formula is C16H21NO2. The second kappa shape index (κ2) is 6.53. The average Bonchev–Trinajstić information content (AvgIpc) is 2.84. The van der Waals surface area contributed by atoms with Crippen molar-refractivity contribution in [3.8, 4) is 0 Å². The number of rotatable bonds is 6. The molecule has 3 nitrogen and oxygen atoms in total. The fourth-order valence-electron chi connectivity index (χ4n) is 2.30. The van der Waals surface area contributed by atoms with E-state index in [-0.39, 0.29) is 5.91 Å². The molecule has 1 aromatic rings. The monoisotopic (exact) mass is 259 g/mol. The van der Waals surface area contributed by atoms with Gasteiger partial charge in [-0.1, -0.05) is 18.2 Å². The predicted molar refractivity (Wildman–Crippen MR) is 76.4 cm³/mol. The van der Waals surface area contributed by atoms with Crippen LogP contribution in [-0.4, -0.2) is 25.7 Å². The van der Waals surface area contributed by atoms with Gasteiger partial charge >= 0.3 is 0 Å². The number of benzene rings is 1. The lowest BCUT2D eigenvalue weighted by Gasteiger charge is -2.07. The first kappa shape index (κ1) is 13.8. The van der Waals surface area contributed by atoms with Gasteiger partial charge in [-0.15, -0.1) is 0 Å². The molecule has 1 aromatic carbocycles. The number of fused-ring (bicyclic) bond motifs is 1. The minimum atomic E-state index is -0.0198. The summed E-state index contributed by atoms with van der Waals surface area (Å²) in [6, 6.07) is 6.01. The zero-order valence-electron chi connectivity index (χ0n) is 11.5. The Labute approximate surface area is 114 Å². The number of carbonyl (C=O) groups excluding carboxylic acids is 1. The van der Waals surface area contributed by atoms with Crippen molar-refractivity contribution in [2.24, 2.45) is 0 Å². The van der Waals surface area contributed by atoms with Crippen LogP contribution < -0.4 is 5.32 Å². The third-order valence-corrected chi connectivity index (χ3v) is 3.24. The van der Waals surface area contributed by atoms with Gasteiger partial charge in [-0.05, 0) is 49.4 Å². The van der Waals surface area contributed by atoms with Gasteiger partial charge in [0.2, 0.25) is 0 Å². The normalized spacial score (nSPS) is 13.1. The Kier molecular flexibility index (Phi) is 4.74. The molecule has 0 radical (unpaired) electrons. The van der Waals surface area contributed by atoms with Crippen molar-refractivity contribution in [3.63, 3.8) is 0 Å². The zero-order chi connectivity index (χ0) is 13.7. The molecule has 2 rings (SSSR count). The molecule has 0 saturated carbocycles. The molecule has 0 bridgehead atoms. The van der Waals surface area contributed by atoms with Crippen molar-refractivity contribution >= 4 is 5.91 Å². The van der Waals surface area contributed by atoms with E-state index in [1.807, 2.05) is 19.1 Å². The van der Waals surface area contributed by atoms with Crippen LogP contribution in [0.15, 0.2) is 30.4 Å². The fourth-order valence-corrected chi connectivity index (χ4v) is 2.30. The van der Waals surface area contributed by atoms with Crippen molar-refractivity contribution < 1.29 is 9.53 Å². The molecule has 0 heterocycles. The molecule has 1 aliphatic rings. The summed E-state index contributed by atoms with van der Waals surface area (Å²) < 4.78 is 5.34. The Morgan fingerprint density at radius 3 is 2.95 bits per heavy atom. The van der Waals surface area contributed by atoms with E-state index in [0.717, 1.165) is 24.0 Å². The third kappa shape index (κ3) is 3.93. The van der Waals surface area contributed by atoms with Gasteiger partial charge < -0.3 is 10.1 Å². The molecule has 102 valence electrons. The molecule has 1 aliphatic carbocycles. The lowest BCUT2D eigenvalue weighted by Crippen LogP contribution is -2.27. The Morgan fingerprint density at radius 2 is 2.16 bits per heavy atom. The molecule has 0 spiro atoms. The van der Waals surface area contributed by atoms with Crippen LogP contribution in [0.4, 0.5) is 0 Å². The summed E-state index contributed by atoms with van der Waals surface area (Å²) in [6.45, 7) is 7.27. The first-order valence-electron chi connectivity index (χ1n) is 6.79. The number of hydrogen-bond acceptors (Lipinski definition) is 2. The molecule has 3 heteroatoms. The number of hydrogen-bond donors (Lipinski definition) is 1. The summed E-state index contributed by atoms with van der Waals surface area (Å²) in [5, 5.41) is 2.87. The van der Waals surface area contributed by atoms with Gasteiger partial charge in [-0.3, -0.25) is 4.79 Å². The highest BCUT2D eigenvalue weighted by Crippen LogP contribution is 2.22. The highest BCUT2D eigenvalue weighted by atomic mass is 16.5. The third-order valence-electron chi connectivity index (χ3n) is 3.24. The molecule has 0 aliphatic heterocycles. The predicted octanol–water partition coefficient (Wildman–Crippen LogP) is 2.50. The highest BCUT2D eigenvalue weighted by molar-refractivity contribution is 5.94. The maximum atomic E-state index is 12.0. The molecule has 1 N–H and O–H groups in total. The number of nitrogens with one attached hydrogen (secondary N) is 1. The minimum absolute atomic E-state index is 0.0198. The summed E-state index contributed by atoms with van der Waals surface area (Å²) in [5.41, 5.74) is 4.46. The fraction of sp³-hybridized carbons (Fsp3) is 0.438. The topological polar surface area (TPSA) is 38.3 Å². The summed E-state index contributed by atoms with van der Waals surface area (Å²) >= 11 is 0. The summed E-state index contributed by atoms with van der Waals surface area (Å²) in [7, 11) is 0. The van der Waals surface area contributed by atoms with E-state index < -0.39 is 0 Å². The van der Waals surface area contributed by atoms with Crippen LogP contribution in [0.1, 0.15) is 34.8 Å². The van der Waals surface area contributed by atoms with Gasteiger partial charge in [0.05, 0.1) is 13.2 Å². The van der Waals surface area contributed by atoms with Crippen LogP contribution in [0.2, 0.25) is 0 Å². The molecule has 0 unspecified atom stereocenters. The lowest BCUT2D eigenvalue weighted by molar-refractivity contribution is 0.0926. The first-order valence-corrected chi connectivity index (χ1v) is 6.79. The van der Waals surface area contributed by atoms with Gasteiger partial charge in [0.1, 0.15) is 0 Å². The second-order valence-electron chi connectivity index (χ2n) is 5.10. The number of ether oxygens (including phenoxy) is 1. The van der Waals surface area contributed by atoms with Crippen molar-refractivity contribution in [3.05, 3.63) is 47.0 Å². The van der Waals surface area contributed by atoms with E-state index in [4.69, 9.17) is 4.74 Å². The second-order valence-corrected chi connectivity index (χ2v) is 5.10. The minimum Gasteiger partial charge on any atom is -0.375 e. The molecule has 0 fully saturated rings. The van der Waals surface area contributed by atoms with E-state index >= 15 is 0 Å². The highest BCUT2D eigenvalue weighted by Gasteiger charge is 2.13. The quantitative estimate of drug-likeness (QED) is 0.629. The van der Waals surface area contributed by atoms with E-state index in [9.17, 15) is 4.79 Å². The van der Waals surface area contributed by atoms with Crippen LogP contribution in [0.3, 0.4) is 0 Å². The van der Waals surface area contributed by atoms with E-state index in [1.165, 1.54) is 17.5 Å². The maximum Gasteiger partial charge on any atom is 0.251 e. The van der Waals surface area contributed by atoms with Crippen LogP contribution in [0.25, 0.3) is 0 Å². The van der Waals surface area contributed by atoms with E-state index in [1.54, 1.807) is 0 Å². The van der Waals surface area contributed by atoms with Crippen LogP contribution in [-0.2, 0) is 17.6 Å². The lowest BCUT2D eigenvalue weighted by atomic mass is 10.1. The Balaban J connectivity index is 1.78. The average molecular weight is 259 g/mol. The summed E-state index contributed by atoms with van der Waals surface area (Å²) in [4.78, 5) is 12.0. The Morgan fingerprint density at radius 1 is 1.37 bits per heavy atom.